The van der Waals surface area contributed by atoms with Crippen molar-refractivity contribution < 1.29 is 23.6 Å². The van der Waals surface area contributed by atoms with Crippen LogP contribution >= 0.6 is 0 Å². The summed E-state index contributed by atoms with van der Waals surface area (Å²) in [6.07, 6.45) is 3.50. The number of anilines is 2. The number of likely N-dealkylation sites (tertiary alicyclic amines) is 1. The van der Waals surface area contributed by atoms with Crippen LogP contribution in [0.5, 0.6) is 0 Å². The number of fused-ring (bicyclic) bond motifs is 6. The first-order valence-electron chi connectivity index (χ1n) is 19.4. The number of carbonyl (C=O) groups is 2. The highest BCUT2D eigenvalue weighted by Crippen LogP contribution is 2.43. The maximum absolute atomic E-state index is 13.8. The molecule has 7 rings (SSSR count). The average molecular weight is 755 g/mol. The molecular formula is C40H54N10O5. The number of alkyl carbamates (subject to hydrolysis) is 1. The number of carbonyl (C=O) groups excluding carboxylic acids is 2. The number of amides is 2. The summed E-state index contributed by atoms with van der Waals surface area (Å²) in [4.78, 5) is 53.8. The fraction of sp³-hybridized carbons (Fsp3) is 0.525. The number of imidazole rings is 1. The Morgan fingerprint density at radius 3 is 2.56 bits per heavy atom. The molecule has 0 aliphatic carbocycles. The summed E-state index contributed by atoms with van der Waals surface area (Å²) in [5.41, 5.74) is 15.6. The Balaban J connectivity index is 1.15. The second-order valence-corrected chi connectivity index (χ2v) is 15.5. The van der Waals surface area contributed by atoms with Crippen LogP contribution in [0.15, 0.2) is 40.8 Å². The summed E-state index contributed by atoms with van der Waals surface area (Å²) in [5, 5.41) is 7.39. The van der Waals surface area contributed by atoms with Gasteiger partial charge in [-0.1, -0.05) is 27.7 Å². The molecule has 3 aromatic heterocycles. The molecule has 5 atom stereocenters. The number of hydrogen-bond acceptors (Lipinski definition) is 12. The van der Waals surface area contributed by atoms with E-state index in [0.29, 0.717) is 30.5 Å². The number of methoxy groups -OCH3 is 1. The van der Waals surface area contributed by atoms with Crippen molar-refractivity contribution in [2.45, 2.75) is 90.0 Å². The molecule has 55 heavy (non-hydrogen) atoms. The van der Waals surface area contributed by atoms with Crippen LogP contribution in [0.25, 0.3) is 44.6 Å². The lowest BCUT2D eigenvalue weighted by Crippen LogP contribution is -2.57. The fourth-order valence-corrected chi connectivity index (χ4v) is 8.19. The Hall–Kier alpha value is -4.99. The van der Waals surface area contributed by atoms with E-state index in [-0.39, 0.29) is 36.0 Å². The van der Waals surface area contributed by atoms with Crippen LogP contribution < -0.4 is 26.7 Å². The van der Waals surface area contributed by atoms with Gasteiger partial charge in [-0.2, -0.15) is 5.48 Å². The van der Waals surface area contributed by atoms with E-state index in [9.17, 15) is 9.59 Å². The highest BCUT2D eigenvalue weighted by atomic mass is 16.6. The van der Waals surface area contributed by atoms with E-state index in [1.165, 1.54) is 7.11 Å². The number of pyridine rings is 1. The number of ether oxygens (including phenoxy) is 1. The zero-order valence-corrected chi connectivity index (χ0v) is 32.8. The lowest BCUT2D eigenvalue weighted by atomic mass is 9.89. The molecule has 5 heterocycles. The van der Waals surface area contributed by atoms with Crippen LogP contribution in [0.2, 0.25) is 0 Å². The van der Waals surface area contributed by atoms with E-state index in [4.69, 9.17) is 34.7 Å². The summed E-state index contributed by atoms with van der Waals surface area (Å²) in [5.74, 6) is 1.58. The van der Waals surface area contributed by atoms with Crippen molar-refractivity contribution >= 4 is 56.4 Å². The Morgan fingerprint density at radius 2 is 1.84 bits per heavy atom. The molecule has 2 aromatic carbocycles. The van der Waals surface area contributed by atoms with Gasteiger partial charge in [-0.3, -0.25) is 4.79 Å². The number of nitrogens with one attached hydrogen (secondary N) is 4. The summed E-state index contributed by atoms with van der Waals surface area (Å²) >= 11 is 0. The highest BCUT2D eigenvalue weighted by molar-refractivity contribution is 6.03. The number of likely N-dealkylation sites (N-methyl/N-ethyl adjacent to an activating group) is 1. The molecule has 1 fully saturated rings. The average Bonchev–Trinajstić information content (AvgIpc) is 3.99. The molecule has 15 nitrogen and oxygen atoms in total. The molecule has 5 aromatic rings. The molecule has 6 N–H and O–H groups in total. The molecule has 15 heteroatoms. The zero-order valence-electron chi connectivity index (χ0n) is 32.8. The minimum absolute atomic E-state index is 0.106. The lowest BCUT2D eigenvalue weighted by molar-refractivity contribution is -0.135. The van der Waals surface area contributed by atoms with Gasteiger partial charge < -0.3 is 45.1 Å². The van der Waals surface area contributed by atoms with Gasteiger partial charge in [0.15, 0.2) is 5.58 Å². The van der Waals surface area contributed by atoms with Crippen LogP contribution in [0, 0.1) is 11.8 Å². The van der Waals surface area contributed by atoms with Crippen LogP contribution in [-0.4, -0.2) is 95.5 Å². The maximum Gasteiger partial charge on any atom is 0.407 e. The van der Waals surface area contributed by atoms with Gasteiger partial charge in [0.1, 0.15) is 40.4 Å². The largest absolute Gasteiger partial charge is 0.453 e. The van der Waals surface area contributed by atoms with Gasteiger partial charge in [-0.25, -0.2) is 19.7 Å². The van der Waals surface area contributed by atoms with Gasteiger partial charge >= 0.3 is 6.09 Å². The second-order valence-electron chi connectivity index (χ2n) is 15.5. The third-order valence-electron chi connectivity index (χ3n) is 11.3. The minimum Gasteiger partial charge on any atom is -0.453 e. The van der Waals surface area contributed by atoms with Crippen molar-refractivity contribution in [1.82, 2.24) is 35.6 Å². The molecule has 294 valence electrons. The summed E-state index contributed by atoms with van der Waals surface area (Å²) in [6, 6.07) is 11.4. The lowest BCUT2D eigenvalue weighted by Gasteiger charge is -2.36. The third kappa shape index (κ3) is 7.40. The fourth-order valence-electron chi connectivity index (χ4n) is 8.19. The Bertz CT molecular complexity index is 2160. The number of nitrogens with two attached hydrogens (primary N) is 1. The third-order valence-corrected chi connectivity index (χ3v) is 11.3. The Labute approximate surface area is 321 Å². The standard InChI is InChI=1S/C40H54N10O5/c1-21(2)29(48-54-7)20-23(10-8-18-41)36-43-26-15-14-25-24(33(26)45-36)12-13-28(42-25)38-44-27-16-17-30-34(35(27)55-38)46-37(49(30)5)31-11-9-19-50(31)39(51)32(22(3)4)47-40(52)53-6/h12-17,21-23,29,31-32,37,42,46,48H,8-11,18-20,41H2,1-7H3,(H,47,52)/t23?,29-,31+,32+,37?/m1/s1. The van der Waals surface area contributed by atoms with Crippen LogP contribution in [0.4, 0.5) is 16.2 Å². The minimum atomic E-state index is -0.687. The predicted molar refractivity (Wildman–Crippen MR) is 214 cm³/mol. The molecule has 2 aliphatic heterocycles. The molecule has 2 aliphatic rings. The van der Waals surface area contributed by atoms with Gasteiger partial charge in [-0.05, 0) is 86.9 Å². The van der Waals surface area contributed by atoms with Crippen molar-refractivity contribution in [3.05, 3.63) is 42.2 Å². The normalized spacial score (nSPS) is 18.7. The number of hydrogen-bond donors (Lipinski definition) is 5. The first kappa shape index (κ1) is 38.3. The van der Waals surface area contributed by atoms with Gasteiger partial charge in [0.25, 0.3) is 0 Å². The molecule has 1 saturated heterocycles. The van der Waals surface area contributed by atoms with Crippen LogP contribution in [0.1, 0.15) is 71.5 Å². The number of H-pyrrole nitrogens is 1. The number of aromatic amines is 1. The van der Waals surface area contributed by atoms with Gasteiger partial charge in [0, 0.05) is 36.5 Å². The summed E-state index contributed by atoms with van der Waals surface area (Å²) in [7, 11) is 4.98. The molecule has 0 spiro atoms. The van der Waals surface area contributed by atoms with Crippen molar-refractivity contribution in [2.75, 3.05) is 44.6 Å². The topological polar surface area (TPSA) is 189 Å². The zero-order chi connectivity index (χ0) is 39.0. The van der Waals surface area contributed by atoms with Crippen molar-refractivity contribution in [1.29, 1.82) is 0 Å². The summed E-state index contributed by atoms with van der Waals surface area (Å²) in [6.45, 7) is 9.43. The smallest absolute Gasteiger partial charge is 0.407 e. The number of nitrogens with zero attached hydrogens (tertiary/aromatic N) is 5. The second kappa shape index (κ2) is 16.0. The Kier molecular flexibility index (Phi) is 11.1. The quantitative estimate of drug-likeness (QED) is 0.0850. The molecular weight excluding hydrogens is 701 g/mol. The summed E-state index contributed by atoms with van der Waals surface area (Å²) < 4.78 is 11.3. The van der Waals surface area contributed by atoms with E-state index in [0.717, 1.165) is 82.5 Å². The first-order valence-corrected chi connectivity index (χ1v) is 19.4. The van der Waals surface area contributed by atoms with Gasteiger partial charge in [0.2, 0.25) is 11.8 Å². The highest BCUT2D eigenvalue weighted by Gasteiger charge is 2.43. The van der Waals surface area contributed by atoms with E-state index < -0.39 is 12.1 Å². The number of oxazole rings is 1. The first-order chi connectivity index (χ1) is 26.5. The molecule has 0 saturated carbocycles. The molecule has 0 bridgehead atoms. The van der Waals surface area contributed by atoms with E-state index >= 15 is 0 Å². The predicted octanol–water partition coefficient (Wildman–Crippen LogP) is 5.87. The van der Waals surface area contributed by atoms with E-state index in [1.54, 1.807) is 7.11 Å². The van der Waals surface area contributed by atoms with Crippen LogP contribution in [-0.2, 0) is 14.4 Å². The van der Waals surface area contributed by atoms with Crippen molar-refractivity contribution in [3.63, 3.8) is 0 Å². The monoisotopic (exact) mass is 754 g/mol. The van der Waals surface area contributed by atoms with Crippen molar-refractivity contribution in [2.24, 2.45) is 17.6 Å². The van der Waals surface area contributed by atoms with E-state index in [2.05, 4.69) is 39.8 Å². The SMILES string of the molecule is CON[C@H](CC(CCCN)c1nc2ccc3[nH]c(-c4nc5ccc6c(c5o4)NC([C@@H]4CCCN4C(=O)[C@@H](NC(=O)OC)C(C)C)N6C)ccc3c2n1)C(C)C. The van der Waals surface area contributed by atoms with Crippen molar-refractivity contribution in [3.8, 4) is 11.6 Å². The number of aromatic nitrogens is 4. The molecule has 2 amide bonds. The van der Waals surface area contributed by atoms with Crippen LogP contribution in [0.3, 0.4) is 0 Å². The van der Waals surface area contributed by atoms with Gasteiger partial charge in [0.05, 0.1) is 31.5 Å². The number of rotatable bonds is 14. The Morgan fingerprint density at radius 1 is 1.04 bits per heavy atom. The van der Waals surface area contributed by atoms with Gasteiger partial charge in [-0.15, -0.1) is 0 Å². The van der Waals surface area contributed by atoms with E-state index in [1.807, 2.05) is 62.2 Å². The maximum atomic E-state index is 13.8. The molecule has 0 radical (unpaired) electrons. The number of benzene rings is 2. The molecule has 2 unspecified atom stereocenters. The number of hydroxylamine groups is 1.